The van der Waals surface area contributed by atoms with Gasteiger partial charge in [-0.3, -0.25) is 4.90 Å². The summed E-state index contributed by atoms with van der Waals surface area (Å²) in [5.41, 5.74) is 3.98. The van der Waals surface area contributed by atoms with Crippen molar-refractivity contribution in [1.82, 2.24) is 14.5 Å². The van der Waals surface area contributed by atoms with Crippen LogP contribution in [0.1, 0.15) is 56.4 Å². The van der Waals surface area contributed by atoms with Gasteiger partial charge >= 0.3 is 6.18 Å². The summed E-state index contributed by atoms with van der Waals surface area (Å²) in [6.07, 6.45) is -0.398. The third-order valence-electron chi connectivity index (χ3n) is 6.82. The van der Waals surface area contributed by atoms with Gasteiger partial charge in [0, 0.05) is 35.8 Å². The van der Waals surface area contributed by atoms with Crippen LogP contribution in [-0.4, -0.2) is 21.0 Å². The molecule has 7 heteroatoms. The number of hydrogen-bond donors (Lipinski definition) is 0. The van der Waals surface area contributed by atoms with Gasteiger partial charge in [-0.15, -0.1) is 0 Å². The molecule has 0 radical (unpaired) electrons. The predicted molar refractivity (Wildman–Crippen MR) is 153 cm³/mol. The van der Waals surface area contributed by atoms with Crippen molar-refractivity contribution in [2.75, 3.05) is 6.54 Å². The highest BCUT2D eigenvalue weighted by atomic mass is 35.5. The van der Waals surface area contributed by atoms with Gasteiger partial charge in [-0.1, -0.05) is 99.0 Å². The van der Waals surface area contributed by atoms with E-state index in [2.05, 4.69) is 35.4 Å². The predicted octanol–water partition coefficient (Wildman–Crippen LogP) is 9.49. The van der Waals surface area contributed by atoms with E-state index in [1.54, 1.807) is 6.07 Å². The fourth-order valence-electron chi connectivity index (χ4n) is 4.76. The number of unbranched alkanes of at least 4 members (excludes halogenated alkanes) is 2. The van der Waals surface area contributed by atoms with Crippen molar-refractivity contribution in [3.63, 3.8) is 0 Å². The molecule has 0 atom stereocenters. The summed E-state index contributed by atoms with van der Waals surface area (Å²) in [5.74, 6) is 0.901. The highest BCUT2D eigenvalue weighted by Gasteiger charge is 2.30. The fraction of sp³-hybridized carbons (Fsp3) is 0.344. The molecule has 206 valence electrons. The molecule has 0 saturated carbocycles. The summed E-state index contributed by atoms with van der Waals surface area (Å²) < 4.78 is 42.6. The van der Waals surface area contributed by atoms with Crippen LogP contribution in [0.5, 0.6) is 0 Å². The molecule has 4 aromatic rings. The standard InChI is InChI=1S/C32H35ClF3N3/c1-3-5-19-38(22-24-11-10-14-27(21-24)32(34,35)36)23-29-30(25-15-17-28(33)18-16-25)37-31(39(29)20-6-4-2)26-12-8-7-9-13-26/h7-18,21H,3-6,19-20,22-23H2,1-2H3. The van der Waals surface area contributed by atoms with Crippen molar-refractivity contribution < 1.29 is 13.2 Å². The van der Waals surface area contributed by atoms with E-state index in [0.29, 0.717) is 23.7 Å². The maximum Gasteiger partial charge on any atom is 0.416 e. The third-order valence-corrected chi connectivity index (χ3v) is 7.07. The van der Waals surface area contributed by atoms with Crippen molar-refractivity contribution in [3.8, 4) is 22.6 Å². The Hall–Kier alpha value is -3.09. The lowest BCUT2D eigenvalue weighted by molar-refractivity contribution is -0.137. The topological polar surface area (TPSA) is 21.1 Å². The van der Waals surface area contributed by atoms with E-state index in [0.717, 1.165) is 73.2 Å². The molecule has 0 aliphatic carbocycles. The van der Waals surface area contributed by atoms with Gasteiger partial charge in [0.2, 0.25) is 0 Å². The highest BCUT2D eigenvalue weighted by Crippen LogP contribution is 2.33. The Morgan fingerprint density at radius 1 is 0.821 bits per heavy atom. The Morgan fingerprint density at radius 2 is 1.54 bits per heavy atom. The number of alkyl halides is 3. The molecule has 3 nitrogen and oxygen atoms in total. The second kappa shape index (κ2) is 13.3. The second-order valence-corrected chi connectivity index (χ2v) is 10.3. The van der Waals surface area contributed by atoms with Crippen molar-refractivity contribution in [1.29, 1.82) is 0 Å². The van der Waals surface area contributed by atoms with Crippen LogP contribution >= 0.6 is 11.6 Å². The largest absolute Gasteiger partial charge is 0.416 e. The molecule has 0 amide bonds. The lowest BCUT2D eigenvalue weighted by atomic mass is 10.1. The van der Waals surface area contributed by atoms with Crippen molar-refractivity contribution in [2.45, 2.75) is 65.3 Å². The number of aromatic nitrogens is 2. The van der Waals surface area contributed by atoms with Crippen LogP contribution < -0.4 is 0 Å². The maximum absolute atomic E-state index is 13.4. The fourth-order valence-corrected chi connectivity index (χ4v) is 4.89. The summed E-state index contributed by atoms with van der Waals surface area (Å²) >= 11 is 6.20. The normalized spacial score (nSPS) is 11.9. The lowest BCUT2D eigenvalue weighted by Crippen LogP contribution is -2.26. The summed E-state index contributed by atoms with van der Waals surface area (Å²) in [5, 5.41) is 0.656. The molecule has 0 aliphatic heterocycles. The number of nitrogens with zero attached hydrogens (tertiary/aromatic N) is 3. The summed E-state index contributed by atoms with van der Waals surface area (Å²) in [4.78, 5) is 7.41. The zero-order valence-electron chi connectivity index (χ0n) is 22.5. The van der Waals surface area contributed by atoms with Gasteiger partial charge < -0.3 is 4.57 Å². The van der Waals surface area contributed by atoms with Crippen LogP contribution in [0.2, 0.25) is 5.02 Å². The molecule has 0 N–H and O–H groups in total. The minimum atomic E-state index is -4.37. The second-order valence-electron chi connectivity index (χ2n) is 9.87. The van der Waals surface area contributed by atoms with Gasteiger partial charge in [0.25, 0.3) is 0 Å². The average molecular weight is 554 g/mol. The molecule has 0 aliphatic rings. The van der Waals surface area contributed by atoms with Crippen molar-refractivity contribution >= 4 is 11.6 Å². The van der Waals surface area contributed by atoms with Crippen LogP contribution in [0, 0.1) is 0 Å². The first-order chi connectivity index (χ1) is 18.8. The zero-order valence-corrected chi connectivity index (χ0v) is 23.3. The van der Waals surface area contributed by atoms with E-state index < -0.39 is 11.7 Å². The van der Waals surface area contributed by atoms with Gasteiger partial charge in [-0.2, -0.15) is 13.2 Å². The minimum absolute atomic E-state index is 0.420. The molecular formula is C32H35ClF3N3. The molecule has 3 aromatic carbocycles. The number of halogens is 4. The van der Waals surface area contributed by atoms with Crippen LogP contribution in [0.4, 0.5) is 13.2 Å². The lowest BCUT2D eigenvalue weighted by Gasteiger charge is -2.24. The molecule has 0 unspecified atom stereocenters. The van der Waals surface area contributed by atoms with Crippen LogP contribution in [0.25, 0.3) is 22.6 Å². The average Bonchev–Trinajstić information content (AvgIpc) is 3.28. The first kappa shape index (κ1) is 28.9. The molecule has 4 rings (SSSR count). The Balaban J connectivity index is 1.79. The first-order valence-corrected chi connectivity index (χ1v) is 14.0. The quantitative estimate of drug-likeness (QED) is 0.174. The van der Waals surface area contributed by atoms with E-state index in [-0.39, 0.29) is 0 Å². The molecule has 0 fully saturated rings. The minimum Gasteiger partial charge on any atom is -0.326 e. The van der Waals surface area contributed by atoms with E-state index >= 15 is 0 Å². The SMILES string of the molecule is CCCCN(Cc1cccc(C(F)(F)F)c1)Cc1c(-c2ccc(Cl)cc2)nc(-c2ccccc2)n1CCCC. The summed E-state index contributed by atoms with van der Waals surface area (Å²) in [7, 11) is 0. The van der Waals surface area contributed by atoms with E-state index in [4.69, 9.17) is 16.6 Å². The molecule has 0 bridgehead atoms. The van der Waals surface area contributed by atoms with E-state index in [1.165, 1.54) is 12.1 Å². The van der Waals surface area contributed by atoms with Crippen molar-refractivity contribution in [2.24, 2.45) is 0 Å². The number of rotatable bonds is 12. The molecular weight excluding hydrogens is 519 g/mol. The summed E-state index contributed by atoms with van der Waals surface area (Å²) in [6.45, 7) is 6.86. The van der Waals surface area contributed by atoms with E-state index in [9.17, 15) is 13.2 Å². The van der Waals surface area contributed by atoms with Crippen LogP contribution in [-0.2, 0) is 25.8 Å². The van der Waals surface area contributed by atoms with Crippen molar-refractivity contribution in [3.05, 3.63) is 101 Å². The molecule has 39 heavy (non-hydrogen) atoms. The molecule has 0 saturated heterocycles. The van der Waals surface area contributed by atoms with Gasteiger partial charge in [-0.25, -0.2) is 4.98 Å². The van der Waals surface area contributed by atoms with Gasteiger partial charge in [-0.05, 0) is 43.1 Å². The molecule has 1 aromatic heterocycles. The Morgan fingerprint density at radius 3 is 2.21 bits per heavy atom. The monoisotopic (exact) mass is 553 g/mol. The van der Waals surface area contributed by atoms with Crippen LogP contribution in [0.3, 0.4) is 0 Å². The molecule has 0 spiro atoms. The molecule has 1 heterocycles. The highest BCUT2D eigenvalue weighted by molar-refractivity contribution is 6.30. The van der Waals surface area contributed by atoms with Crippen LogP contribution in [0.15, 0.2) is 78.9 Å². The third kappa shape index (κ3) is 7.52. The van der Waals surface area contributed by atoms with E-state index in [1.807, 2.05) is 42.5 Å². The first-order valence-electron chi connectivity index (χ1n) is 13.6. The smallest absolute Gasteiger partial charge is 0.326 e. The Bertz CT molecular complexity index is 1330. The van der Waals surface area contributed by atoms with Gasteiger partial charge in [0.1, 0.15) is 5.82 Å². The van der Waals surface area contributed by atoms with Gasteiger partial charge in [0.15, 0.2) is 0 Å². The number of imidazole rings is 1. The number of benzene rings is 3. The Labute approximate surface area is 234 Å². The zero-order chi connectivity index (χ0) is 27.8. The van der Waals surface area contributed by atoms with Gasteiger partial charge in [0.05, 0.1) is 17.0 Å². The summed E-state index contributed by atoms with van der Waals surface area (Å²) in [6, 6.07) is 23.5. The Kier molecular flexibility index (Phi) is 9.87. The number of hydrogen-bond acceptors (Lipinski definition) is 2. The maximum atomic E-state index is 13.4.